The predicted molar refractivity (Wildman–Crippen MR) is 152 cm³/mol. The lowest BCUT2D eigenvalue weighted by molar-refractivity contribution is -0.137. The largest absolute Gasteiger partial charge is 0.417 e. The zero-order chi connectivity index (χ0) is 29.9. The average Bonchev–Trinajstić information content (AvgIpc) is 2.94. The van der Waals surface area contributed by atoms with Crippen molar-refractivity contribution in [3.8, 4) is 11.1 Å². The molecule has 2 aromatic rings. The highest BCUT2D eigenvalue weighted by molar-refractivity contribution is 7.99. The third-order valence-corrected chi connectivity index (χ3v) is 8.50. The molecule has 1 saturated heterocycles. The number of benzene rings is 2. The molecule has 1 amide bonds. The van der Waals surface area contributed by atoms with Gasteiger partial charge in [0.2, 0.25) is 5.91 Å². The second-order valence-corrected chi connectivity index (χ2v) is 11.2. The lowest BCUT2D eigenvalue weighted by Crippen LogP contribution is -2.59. The van der Waals surface area contributed by atoms with Crippen molar-refractivity contribution in [2.75, 3.05) is 51.1 Å². The summed E-state index contributed by atoms with van der Waals surface area (Å²) in [6.45, 7) is 8.87. The Kier molecular flexibility index (Phi) is 9.66. The van der Waals surface area contributed by atoms with Gasteiger partial charge < -0.3 is 24.6 Å². The summed E-state index contributed by atoms with van der Waals surface area (Å²) in [5.74, 6) is -0.425. The maximum atomic E-state index is 14.6. The van der Waals surface area contributed by atoms with Gasteiger partial charge in [-0.2, -0.15) is 13.2 Å². The lowest BCUT2D eigenvalue weighted by Gasteiger charge is -2.45. The van der Waals surface area contributed by atoms with Crippen molar-refractivity contribution in [1.29, 1.82) is 5.41 Å². The molecule has 1 fully saturated rings. The molecule has 0 saturated carbocycles. The molecule has 2 aliphatic heterocycles. The average molecular weight is 595 g/mol. The van der Waals surface area contributed by atoms with Crippen LogP contribution in [0.5, 0.6) is 0 Å². The zero-order valence-corrected chi connectivity index (χ0v) is 24.0. The standard InChI is InChI=1S/C29H34F4N4O3S/c1-5-24(38)36-13-18(3)37(14-17(36)2)28(34)22-12-23(29(31,32)33)25(19-6-8-20(30)9-7-19)27-26(22)35-21(16-41-27)15-40-11-10-39-4/h5-9,12,17-18,21,34-35H,1,10-11,13-16H2,2-4H3/t17-,18+,21+/m1/s1. The molecule has 222 valence electrons. The zero-order valence-electron chi connectivity index (χ0n) is 23.2. The van der Waals surface area contributed by atoms with Gasteiger partial charge in [0.1, 0.15) is 11.7 Å². The summed E-state index contributed by atoms with van der Waals surface area (Å²) < 4.78 is 68.3. The Morgan fingerprint density at radius 2 is 1.83 bits per heavy atom. The Balaban J connectivity index is 1.81. The van der Waals surface area contributed by atoms with E-state index in [0.29, 0.717) is 42.7 Å². The number of hydrogen-bond acceptors (Lipinski definition) is 6. The van der Waals surface area contributed by atoms with Crippen LogP contribution in [0.3, 0.4) is 0 Å². The summed E-state index contributed by atoms with van der Waals surface area (Å²) in [5.41, 5.74) is -0.204. The number of carbonyl (C=O) groups is 1. The third-order valence-electron chi connectivity index (χ3n) is 7.23. The fourth-order valence-corrected chi connectivity index (χ4v) is 6.40. The van der Waals surface area contributed by atoms with Crippen LogP contribution in [0.1, 0.15) is 25.0 Å². The first-order valence-electron chi connectivity index (χ1n) is 13.2. The second-order valence-electron chi connectivity index (χ2n) is 10.2. The quantitative estimate of drug-likeness (QED) is 0.138. The molecule has 0 radical (unpaired) electrons. The van der Waals surface area contributed by atoms with Crippen LogP contribution in [0.25, 0.3) is 11.1 Å². The lowest BCUT2D eigenvalue weighted by atomic mass is 9.93. The Bertz CT molecular complexity index is 1290. The van der Waals surface area contributed by atoms with Crippen LogP contribution >= 0.6 is 11.8 Å². The highest BCUT2D eigenvalue weighted by Gasteiger charge is 2.40. The number of carbonyl (C=O) groups excluding carboxylic acids is 1. The number of fused-ring (bicyclic) bond motifs is 1. The maximum absolute atomic E-state index is 14.6. The number of methoxy groups -OCH3 is 1. The van der Waals surface area contributed by atoms with E-state index in [2.05, 4.69) is 11.9 Å². The van der Waals surface area contributed by atoms with Crippen LogP contribution in [-0.2, 0) is 20.4 Å². The first-order chi connectivity index (χ1) is 19.5. The van der Waals surface area contributed by atoms with Gasteiger partial charge in [0.05, 0.1) is 37.1 Å². The number of amides is 1. The van der Waals surface area contributed by atoms with E-state index in [1.807, 2.05) is 13.8 Å². The van der Waals surface area contributed by atoms with Gasteiger partial charge in [-0.25, -0.2) is 4.39 Å². The molecule has 2 heterocycles. The normalized spacial score (nSPS) is 20.8. The molecule has 2 aromatic carbocycles. The van der Waals surface area contributed by atoms with Gasteiger partial charge in [-0.1, -0.05) is 18.7 Å². The number of alkyl halides is 3. The highest BCUT2D eigenvalue weighted by Crippen LogP contribution is 2.49. The summed E-state index contributed by atoms with van der Waals surface area (Å²) in [6.07, 6.45) is -3.50. The smallest absolute Gasteiger partial charge is 0.382 e. The molecular weight excluding hydrogens is 560 g/mol. The number of nitrogens with one attached hydrogen (secondary N) is 2. The van der Waals surface area contributed by atoms with Crippen molar-refractivity contribution in [2.45, 2.75) is 43.0 Å². The van der Waals surface area contributed by atoms with Crippen molar-refractivity contribution in [3.63, 3.8) is 0 Å². The summed E-state index contributed by atoms with van der Waals surface area (Å²) in [5, 5.41) is 12.5. The van der Waals surface area contributed by atoms with Crippen LogP contribution in [-0.4, -0.2) is 85.4 Å². The summed E-state index contributed by atoms with van der Waals surface area (Å²) in [6, 6.07) is 5.13. The minimum Gasteiger partial charge on any atom is -0.382 e. The number of nitrogens with zero attached hydrogens (tertiary/aromatic N) is 2. The number of ether oxygens (including phenoxy) is 2. The molecule has 7 nitrogen and oxygen atoms in total. The minimum absolute atomic E-state index is 0.0527. The van der Waals surface area contributed by atoms with Crippen molar-refractivity contribution in [1.82, 2.24) is 9.80 Å². The van der Waals surface area contributed by atoms with E-state index in [9.17, 15) is 22.4 Å². The fourth-order valence-electron chi connectivity index (χ4n) is 5.16. The van der Waals surface area contributed by atoms with Crippen LogP contribution < -0.4 is 5.32 Å². The van der Waals surface area contributed by atoms with E-state index in [0.717, 1.165) is 18.2 Å². The van der Waals surface area contributed by atoms with Crippen molar-refractivity contribution < 1.29 is 31.8 Å². The molecule has 0 unspecified atom stereocenters. The summed E-state index contributed by atoms with van der Waals surface area (Å²) in [4.78, 5) is 16.1. The van der Waals surface area contributed by atoms with Crippen LogP contribution in [0.15, 0.2) is 47.9 Å². The molecule has 0 aliphatic carbocycles. The van der Waals surface area contributed by atoms with Gasteiger partial charge in [-0.3, -0.25) is 10.2 Å². The molecule has 0 spiro atoms. The van der Waals surface area contributed by atoms with Crippen molar-refractivity contribution >= 4 is 29.2 Å². The van der Waals surface area contributed by atoms with Crippen molar-refractivity contribution in [2.24, 2.45) is 0 Å². The van der Waals surface area contributed by atoms with Gasteiger partial charge in [-0.15, -0.1) is 11.8 Å². The third kappa shape index (κ3) is 6.70. The van der Waals surface area contributed by atoms with E-state index in [-0.39, 0.29) is 53.1 Å². The first-order valence-corrected chi connectivity index (χ1v) is 14.2. The fraction of sp³-hybridized carbons (Fsp3) is 0.448. The molecular formula is C29H34F4N4O3S. The molecule has 4 rings (SSSR count). The first kappa shape index (κ1) is 30.9. The summed E-state index contributed by atoms with van der Waals surface area (Å²) >= 11 is 1.26. The Labute approximate surface area is 241 Å². The topological polar surface area (TPSA) is 77.9 Å². The van der Waals surface area contributed by atoms with Crippen LogP contribution in [0, 0.1) is 11.2 Å². The molecule has 41 heavy (non-hydrogen) atoms. The maximum Gasteiger partial charge on any atom is 0.417 e. The van der Waals surface area contributed by atoms with Gasteiger partial charge in [-0.05, 0) is 43.7 Å². The molecule has 12 heteroatoms. The molecule has 0 bridgehead atoms. The number of anilines is 1. The number of amidine groups is 1. The van der Waals surface area contributed by atoms with Crippen molar-refractivity contribution in [3.05, 3.63) is 59.9 Å². The van der Waals surface area contributed by atoms with Gasteiger partial charge in [0.15, 0.2) is 0 Å². The Morgan fingerprint density at radius 3 is 2.46 bits per heavy atom. The number of thioether (sulfide) groups is 1. The SMILES string of the molecule is C=CC(=O)N1C[C@H](C)N(C(=N)c2cc(C(F)(F)F)c(-c3ccc(F)cc3)c3c2N[C@@H](COCCOC)CS3)C[C@H]1C. The summed E-state index contributed by atoms with van der Waals surface area (Å²) in [7, 11) is 1.57. The number of piperazine rings is 1. The number of hydrogen-bond donors (Lipinski definition) is 2. The minimum atomic E-state index is -4.73. The van der Waals surface area contributed by atoms with E-state index in [4.69, 9.17) is 14.9 Å². The molecule has 2 N–H and O–H groups in total. The van der Waals surface area contributed by atoms with Gasteiger partial charge in [0.25, 0.3) is 0 Å². The van der Waals surface area contributed by atoms with Crippen LogP contribution in [0.2, 0.25) is 0 Å². The van der Waals surface area contributed by atoms with Gasteiger partial charge >= 0.3 is 6.18 Å². The van der Waals surface area contributed by atoms with E-state index in [1.165, 1.54) is 30.0 Å². The number of rotatable bonds is 8. The van der Waals surface area contributed by atoms with E-state index < -0.39 is 17.6 Å². The Morgan fingerprint density at radius 1 is 1.17 bits per heavy atom. The number of halogens is 4. The molecule has 2 aliphatic rings. The van der Waals surface area contributed by atoms with E-state index >= 15 is 0 Å². The monoisotopic (exact) mass is 594 g/mol. The Hall–Kier alpha value is -3.09. The van der Waals surface area contributed by atoms with Crippen LogP contribution in [0.4, 0.5) is 23.2 Å². The van der Waals surface area contributed by atoms with E-state index in [1.54, 1.807) is 16.9 Å². The predicted octanol–water partition coefficient (Wildman–Crippen LogP) is 5.49. The molecule has 0 aromatic heterocycles. The van der Waals surface area contributed by atoms with Gasteiger partial charge in [0, 0.05) is 54.1 Å². The molecule has 3 atom stereocenters. The second kappa shape index (κ2) is 12.8. The highest BCUT2D eigenvalue weighted by atomic mass is 32.2.